The van der Waals surface area contributed by atoms with E-state index in [1.54, 1.807) is 0 Å². The molecule has 3 heteroatoms. The molecule has 0 spiro atoms. The van der Waals surface area contributed by atoms with Crippen LogP contribution < -0.4 is 0 Å². The molecule has 1 saturated heterocycles. The van der Waals surface area contributed by atoms with Crippen molar-refractivity contribution in [2.24, 2.45) is 5.92 Å². The second-order valence-electron chi connectivity index (χ2n) is 4.02. The van der Waals surface area contributed by atoms with Gasteiger partial charge in [-0.25, -0.2) is 0 Å². The van der Waals surface area contributed by atoms with Crippen molar-refractivity contribution in [1.82, 2.24) is 4.90 Å². The molecule has 2 nitrogen and oxygen atoms in total. The van der Waals surface area contributed by atoms with Crippen molar-refractivity contribution in [3.63, 3.8) is 0 Å². The van der Waals surface area contributed by atoms with Crippen LogP contribution in [0.1, 0.15) is 24.3 Å². The molecule has 0 unspecified atom stereocenters. The van der Waals surface area contributed by atoms with E-state index in [0.29, 0.717) is 18.6 Å². The van der Waals surface area contributed by atoms with Gasteiger partial charge in [-0.15, -0.1) is 11.3 Å². The Kier molecular flexibility index (Phi) is 3.21. The molecule has 0 aromatic carbocycles. The van der Waals surface area contributed by atoms with Crippen LogP contribution >= 0.6 is 11.3 Å². The van der Waals surface area contributed by atoms with Crippen LogP contribution in [0.2, 0.25) is 0 Å². The Hall–Kier alpha value is -0.380. The lowest BCUT2D eigenvalue weighted by molar-refractivity contribution is 0.206. The van der Waals surface area contributed by atoms with Crippen LogP contribution in [0.5, 0.6) is 0 Å². The molecule has 2 heterocycles. The van der Waals surface area contributed by atoms with Crippen LogP contribution in [0.3, 0.4) is 0 Å². The summed E-state index contributed by atoms with van der Waals surface area (Å²) in [6.07, 6.45) is 1.15. The van der Waals surface area contributed by atoms with Gasteiger partial charge in [0, 0.05) is 24.1 Å². The van der Waals surface area contributed by atoms with Crippen LogP contribution in [-0.4, -0.2) is 29.7 Å². The summed E-state index contributed by atoms with van der Waals surface area (Å²) in [6, 6.07) is 4.82. The average molecular weight is 211 g/mol. The number of hydrogen-bond acceptors (Lipinski definition) is 3. The molecule has 14 heavy (non-hydrogen) atoms. The number of thiophene rings is 1. The number of nitrogens with zero attached hydrogens (tertiary/aromatic N) is 1. The number of hydrogen-bond donors (Lipinski definition) is 1. The lowest BCUT2D eigenvalue weighted by Crippen LogP contribution is -2.24. The lowest BCUT2D eigenvalue weighted by Gasteiger charge is -2.23. The standard InChI is InChI=1S/C11H17NOS/c1-9(11-3-2-6-14-11)12-5-4-10(7-12)8-13/h2-3,6,9-10,13H,4-5,7-8H2,1H3/t9-,10+/m0/s1. The van der Waals surface area contributed by atoms with E-state index in [1.165, 1.54) is 4.88 Å². The van der Waals surface area contributed by atoms with Gasteiger partial charge in [-0.3, -0.25) is 4.90 Å². The van der Waals surface area contributed by atoms with Crippen LogP contribution in [0.25, 0.3) is 0 Å². The molecule has 1 aromatic heterocycles. The smallest absolute Gasteiger partial charge is 0.0471 e. The molecule has 1 aromatic rings. The molecule has 0 amide bonds. The Morgan fingerprint density at radius 2 is 2.57 bits per heavy atom. The molecular weight excluding hydrogens is 194 g/mol. The van der Waals surface area contributed by atoms with Crippen LogP contribution in [0, 0.1) is 5.92 Å². The van der Waals surface area contributed by atoms with Gasteiger partial charge in [0.2, 0.25) is 0 Å². The Bertz CT molecular complexity index is 273. The van der Waals surface area contributed by atoms with Gasteiger partial charge in [0.05, 0.1) is 0 Å². The summed E-state index contributed by atoms with van der Waals surface area (Å²) in [7, 11) is 0. The highest BCUT2D eigenvalue weighted by molar-refractivity contribution is 7.10. The highest BCUT2D eigenvalue weighted by Crippen LogP contribution is 2.29. The summed E-state index contributed by atoms with van der Waals surface area (Å²) in [4.78, 5) is 3.90. The van der Waals surface area contributed by atoms with Crippen LogP contribution in [0.15, 0.2) is 17.5 Å². The molecule has 78 valence electrons. The number of aliphatic hydroxyl groups excluding tert-OH is 1. The van der Waals surface area contributed by atoms with Crippen LogP contribution in [0.4, 0.5) is 0 Å². The van der Waals surface area contributed by atoms with E-state index < -0.39 is 0 Å². The minimum absolute atomic E-state index is 0.341. The first kappa shape index (κ1) is 10.1. The van der Waals surface area contributed by atoms with Gasteiger partial charge >= 0.3 is 0 Å². The van der Waals surface area contributed by atoms with Gasteiger partial charge in [0.1, 0.15) is 0 Å². The van der Waals surface area contributed by atoms with Crippen molar-refractivity contribution in [1.29, 1.82) is 0 Å². The van der Waals surface area contributed by atoms with Crippen molar-refractivity contribution in [3.8, 4) is 0 Å². The third-order valence-corrected chi connectivity index (χ3v) is 4.12. The molecule has 2 atom stereocenters. The lowest BCUT2D eigenvalue weighted by atomic mass is 10.1. The van der Waals surface area contributed by atoms with Crippen molar-refractivity contribution in [2.75, 3.05) is 19.7 Å². The number of likely N-dealkylation sites (tertiary alicyclic amines) is 1. The highest BCUT2D eigenvalue weighted by atomic mass is 32.1. The highest BCUT2D eigenvalue weighted by Gasteiger charge is 2.26. The van der Waals surface area contributed by atoms with Crippen LogP contribution in [-0.2, 0) is 0 Å². The third-order valence-electron chi connectivity index (χ3n) is 3.08. The Balaban J connectivity index is 1.97. The van der Waals surface area contributed by atoms with E-state index in [1.807, 2.05) is 11.3 Å². The maximum Gasteiger partial charge on any atom is 0.0471 e. The zero-order chi connectivity index (χ0) is 9.97. The fourth-order valence-corrected chi connectivity index (χ4v) is 2.89. The summed E-state index contributed by atoms with van der Waals surface area (Å²) < 4.78 is 0. The predicted octanol–water partition coefficient (Wildman–Crippen LogP) is 2.12. The Morgan fingerprint density at radius 3 is 3.14 bits per heavy atom. The summed E-state index contributed by atoms with van der Waals surface area (Å²) in [6.45, 7) is 4.78. The van der Waals surface area contributed by atoms with Gasteiger partial charge in [-0.1, -0.05) is 6.07 Å². The summed E-state index contributed by atoms with van der Waals surface area (Å²) >= 11 is 1.82. The molecule has 0 saturated carbocycles. The van der Waals surface area contributed by atoms with Gasteiger partial charge in [0.15, 0.2) is 0 Å². The summed E-state index contributed by atoms with van der Waals surface area (Å²) in [5.41, 5.74) is 0. The monoisotopic (exact) mass is 211 g/mol. The topological polar surface area (TPSA) is 23.5 Å². The number of aliphatic hydroxyl groups is 1. The van der Waals surface area contributed by atoms with E-state index in [4.69, 9.17) is 5.11 Å². The molecular formula is C11H17NOS. The second-order valence-corrected chi connectivity index (χ2v) is 5.00. The van der Waals surface area contributed by atoms with Gasteiger partial charge in [0.25, 0.3) is 0 Å². The first-order chi connectivity index (χ1) is 6.81. The molecule has 2 rings (SSSR count). The Labute approximate surface area is 89.2 Å². The molecule has 1 aliphatic rings. The Morgan fingerprint density at radius 1 is 1.71 bits per heavy atom. The van der Waals surface area contributed by atoms with E-state index in [2.05, 4.69) is 29.3 Å². The molecule has 0 radical (unpaired) electrons. The number of rotatable bonds is 3. The predicted molar refractivity (Wildman–Crippen MR) is 59.5 cm³/mol. The van der Waals surface area contributed by atoms with Crippen molar-refractivity contribution in [2.45, 2.75) is 19.4 Å². The third kappa shape index (κ3) is 2.00. The van der Waals surface area contributed by atoms with E-state index in [9.17, 15) is 0 Å². The summed E-state index contributed by atoms with van der Waals surface area (Å²) in [5, 5.41) is 11.2. The van der Waals surface area contributed by atoms with E-state index in [-0.39, 0.29) is 0 Å². The first-order valence-electron chi connectivity index (χ1n) is 5.19. The maximum absolute atomic E-state index is 9.07. The normalized spacial score (nSPS) is 25.4. The van der Waals surface area contributed by atoms with E-state index in [0.717, 1.165) is 19.5 Å². The van der Waals surface area contributed by atoms with Crippen molar-refractivity contribution >= 4 is 11.3 Å². The minimum Gasteiger partial charge on any atom is -0.396 e. The minimum atomic E-state index is 0.341. The van der Waals surface area contributed by atoms with Gasteiger partial charge < -0.3 is 5.11 Å². The van der Waals surface area contributed by atoms with Crippen molar-refractivity contribution < 1.29 is 5.11 Å². The zero-order valence-electron chi connectivity index (χ0n) is 8.52. The fraction of sp³-hybridized carbons (Fsp3) is 0.636. The molecule has 1 N–H and O–H groups in total. The molecule has 0 aliphatic carbocycles. The van der Waals surface area contributed by atoms with Gasteiger partial charge in [-0.05, 0) is 37.3 Å². The largest absolute Gasteiger partial charge is 0.396 e. The first-order valence-corrected chi connectivity index (χ1v) is 6.07. The SMILES string of the molecule is C[C@@H](c1cccs1)N1CC[C@@H](CO)C1. The molecule has 1 fully saturated rings. The quantitative estimate of drug-likeness (QED) is 0.828. The molecule has 0 bridgehead atoms. The average Bonchev–Trinajstić information content (AvgIpc) is 2.88. The van der Waals surface area contributed by atoms with E-state index >= 15 is 0 Å². The fourth-order valence-electron chi connectivity index (χ4n) is 2.07. The second kappa shape index (κ2) is 4.43. The summed E-state index contributed by atoms with van der Waals surface area (Å²) in [5.74, 6) is 0.498. The maximum atomic E-state index is 9.07. The van der Waals surface area contributed by atoms with Gasteiger partial charge in [-0.2, -0.15) is 0 Å². The molecule has 1 aliphatic heterocycles. The zero-order valence-corrected chi connectivity index (χ0v) is 9.33. The van der Waals surface area contributed by atoms with Crippen molar-refractivity contribution in [3.05, 3.63) is 22.4 Å².